The van der Waals surface area contributed by atoms with Crippen LogP contribution in [0.3, 0.4) is 0 Å². The van der Waals surface area contributed by atoms with Crippen molar-refractivity contribution in [2.24, 2.45) is 5.73 Å². The predicted octanol–water partition coefficient (Wildman–Crippen LogP) is 2.55. The van der Waals surface area contributed by atoms with Gasteiger partial charge in [-0.25, -0.2) is 9.37 Å². The maximum absolute atomic E-state index is 13.7. The maximum atomic E-state index is 13.7. The topological polar surface area (TPSA) is 42.2 Å². The number of hydrogen-bond donors (Lipinski definition) is 1. The van der Waals surface area contributed by atoms with Gasteiger partial charge in [0.15, 0.2) is 0 Å². The standard InChI is InChI=1S/C13H14FN3S2/c1-17(6-11-7-19-8-16-11)5-10-4-9(13(15)18)2-3-12(10)14/h2-4,7-8H,5-6H2,1H3,(H2,15,18). The van der Waals surface area contributed by atoms with Crippen LogP contribution in [0.1, 0.15) is 16.8 Å². The average Bonchev–Trinajstić information content (AvgIpc) is 2.84. The number of thiazole rings is 1. The number of aromatic nitrogens is 1. The molecule has 0 saturated heterocycles. The van der Waals surface area contributed by atoms with Gasteiger partial charge in [-0.1, -0.05) is 12.2 Å². The summed E-state index contributed by atoms with van der Waals surface area (Å²) in [6.07, 6.45) is 0. The van der Waals surface area contributed by atoms with E-state index < -0.39 is 0 Å². The molecule has 1 aromatic carbocycles. The second-order valence-corrected chi connectivity index (χ2v) is 5.48. The molecular weight excluding hydrogens is 281 g/mol. The van der Waals surface area contributed by atoms with Gasteiger partial charge in [-0.15, -0.1) is 11.3 Å². The van der Waals surface area contributed by atoms with Gasteiger partial charge in [0.2, 0.25) is 0 Å². The van der Waals surface area contributed by atoms with Gasteiger partial charge in [0.05, 0.1) is 11.2 Å². The van der Waals surface area contributed by atoms with Crippen LogP contribution in [0.2, 0.25) is 0 Å². The third-order valence-electron chi connectivity index (χ3n) is 2.69. The third kappa shape index (κ3) is 3.79. The van der Waals surface area contributed by atoms with Crippen molar-refractivity contribution < 1.29 is 4.39 Å². The Morgan fingerprint density at radius 1 is 1.47 bits per heavy atom. The molecule has 0 spiro atoms. The smallest absolute Gasteiger partial charge is 0.127 e. The molecule has 100 valence electrons. The minimum Gasteiger partial charge on any atom is -0.389 e. The first-order valence-electron chi connectivity index (χ1n) is 5.70. The molecule has 0 aliphatic heterocycles. The van der Waals surface area contributed by atoms with Crippen LogP contribution in [0.25, 0.3) is 0 Å². The van der Waals surface area contributed by atoms with E-state index in [1.165, 1.54) is 6.07 Å². The molecule has 2 N–H and O–H groups in total. The fourth-order valence-corrected chi connectivity index (χ4v) is 2.46. The largest absolute Gasteiger partial charge is 0.389 e. The minimum atomic E-state index is -0.245. The summed E-state index contributed by atoms with van der Waals surface area (Å²) in [6, 6.07) is 4.71. The molecule has 0 bridgehead atoms. The van der Waals surface area contributed by atoms with Gasteiger partial charge in [0, 0.05) is 29.6 Å². The summed E-state index contributed by atoms with van der Waals surface area (Å²) in [5, 5.41) is 1.98. The highest BCUT2D eigenvalue weighted by atomic mass is 32.1. The molecule has 0 aliphatic carbocycles. The highest BCUT2D eigenvalue weighted by Gasteiger charge is 2.09. The normalized spacial score (nSPS) is 10.9. The molecule has 1 heterocycles. The molecule has 1 aromatic heterocycles. The molecule has 2 aromatic rings. The Bertz CT molecular complexity index is 569. The number of nitrogens with two attached hydrogens (primary N) is 1. The molecule has 6 heteroatoms. The molecule has 19 heavy (non-hydrogen) atoms. The van der Waals surface area contributed by atoms with Crippen molar-refractivity contribution in [3.63, 3.8) is 0 Å². The first kappa shape index (κ1) is 14.0. The molecule has 3 nitrogen and oxygen atoms in total. The second-order valence-electron chi connectivity index (χ2n) is 4.32. The SMILES string of the molecule is CN(Cc1cscn1)Cc1cc(C(N)=S)ccc1F. The van der Waals surface area contributed by atoms with Gasteiger partial charge in [0.1, 0.15) is 10.8 Å². The summed E-state index contributed by atoms with van der Waals surface area (Å²) in [4.78, 5) is 6.49. The zero-order chi connectivity index (χ0) is 13.8. The zero-order valence-electron chi connectivity index (χ0n) is 10.5. The quantitative estimate of drug-likeness (QED) is 0.861. The molecule has 2 rings (SSSR count). The summed E-state index contributed by atoms with van der Waals surface area (Å²) < 4.78 is 13.7. The lowest BCUT2D eigenvalue weighted by molar-refractivity contribution is 0.310. The van der Waals surface area contributed by atoms with Gasteiger partial charge < -0.3 is 5.73 Å². The number of rotatable bonds is 5. The lowest BCUT2D eigenvalue weighted by atomic mass is 10.1. The van der Waals surface area contributed by atoms with Crippen molar-refractivity contribution >= 4 is 28.5 Å². The second kappa shape index (κ2) is 6.18. The number of benzene rings is 1. The van der Waals surface area contributed by atoms with E-state index in [1.807, 2.05) is 17.3 Å². The van der Waals surface area contributed by atoms with Crippen LogP contribution in [0.4, 0.5) is 4.39 Å². The van der Waals surface area contributed by atoms with Crippen LogP contribution in [0.5, 0.6) is 0 Å². The molecule has 0 radical (unpaired) electrons. The van der Waals surface area contributed by atoms with Crippen LogP contribution in [-0.4, -0.2) is 21.9 Å². The van der Waals surface area contributed by atoms with E-state index in [0.717, 1.165) is 5.69 Å². The average molecular weight is 295 g/mol. The first-order chi connectivity index (χ1) is 9.06. The Balaban J connectivity index is 2.09. The molecule has 0 saturated carbocycles. The maximum Gasteiger partial charge on any atom is 0.127 e. The molecule has 0 amide bonds. The summed E-state index contributed by atoms with van der Waals surface area (Å²) >= 11 is 6.46. The van der Waals surface area contributed by atoms with Crippen molar-refractivity contribution in [1.82, 2.24) is 9.88 Å². The van der Waals surface area contributed by atoms with Gasteiger partial charge in [-0.3, -0.25) is 4.90 Å². The van der Waals surface area contributed by atoms with E-state index in [-0.39, 0.29) is 10.8 Å². The fraction of sp³-hybridized carbons (Fsp3) is 0.231. The number of nitrogens with zero attached hydrogens (tertiary/aromatic N) is 2. The Kier molecular flexibility index (Phi) is 4.57. The third-order valence-corrected chi connectivity index (χ3v) is 3.56. The number of hydrogen-bond acceptors (Lipinski definition) is 4. The van der Waals surface area contributed by atoms with Gasteiger partial charge in [0.25, 0.3) is 0 Å². The molecular formula is C13H14FN3S2. The van der Waals surface area contributed by atoms with Crippen LogP contribution in [-0.2, 0) is 13.1 Å². The van der Waals surface area contributed by atoms with Crippen LogP contribution in [0.15, 0.2) is 29.1 Å². The van der Waals surface area contributed by atoms with Crippen LogP contribution >= 0.6 is 23.6 Å². The molecule has 0 aliphatic rings. The molecule has 0 unspecified atom stereocenters. The van der Waals surface area contributed by atoms with E-state index in [9.17, 15) is 4.39 Å². The summed E-state index contributed by atoms with van der Waals surface area (Å²) in [5.41, 5.74) is 9.61. The molecule has 0 atom stereocenters. The summed E-state index contributed by atoms with van der Waals surface area (Å²) in [7, 11) is 1.92. The Hall–Kier alpha value is -1.37. The lowest BCUT2D eigenvalue weighted by Crippen LogP contribution is -2.19. The summed E-state index contributed by atoms with van der Waals surface area (Å²) in [5.74, 6) is -0.245. The van der Waals surface area contributed by atoms with Crippen molar-refractivity contribution in [2.75, 3.05) is 7.05 Å². The van der Waals surface area contributed by atoms with Crippen LogP contribution in [0, 0.1) is 5.82 Å². The van der Waals surface area contributed by atoms with Crippen molar-refractivity contribution in [3.8, 4) is 0 Å². The van der Waals surface area contributed by atoms with Crippen molar-refractivity contribution in [1.29, 1.82) is 0 Å². The predicted molar refractivity (Wildman–Crippen MR) is 79.6 cm³/mol. The zero-order valence-corrected chi connectivity index (χ0v) is 12.1. The Morgan fingerprint density at radius 3 is 2.89 bits per heavy atom. The van der Waals surface area contributed by atoms with Crippen LogP contribution < -0.4 is 5.73 Å². The number of halogens is 1. The highest BCUT2D eigenvalue weighted by molar-refractivity contribution is 7.80. The first-order valence-corrected chi connectivity index (χ1v) is 7.05. The monoisotopic (exact) mass is 295 g/mol. The summed E-state index contributed by atoms with van der Waals surface area (Å²) in [6.45, 7) is 1.17. The molecule has 0 fully saturated rings. The van der Waals surface area contributed by atoms with Gasteiger partial charge in [-0.05, 0) is 25.2 Å². The van der Waals surface area contributed by atoms with Crippen molar-refractivity contribution in [3.05, 3.63) is 51.7 Å². The minimum absolute atomic E-state index is 0.245. The number of thiocarbonyl (C=S) groups is 1. The van der Waals surface area contributed by atoms with Crippen molar-refractivity contribution in [2.45, 2.75) is 13.1 Å². The highest BCUT2D eigenvalue weighted by Crippen LogP contribution is 2.14. The fourth-order valence-electron chi connectivity index (χ4n) is 1.79. The van der Waals surface area contributed by atoms with E-state index in [2.05, 4.69) is 4.98 Å². The van der Waals surface area contributed by atoms with E-state index >= 15 is 0 Å². The van der Waals surface area contributed by atoms with E-state index in [0.29, 0.717) is 24.2 Å². The van der Waals surface area contributed by atoms with Gasteiger partial charge >= 0.3 is 0 Å². The Morgan fingerprint density at radius 2 is 2.26 bits per heavy atom. The van der Waals surface area contributed by atoms with E-state index in [1.54, 1.807) is 29.0 Å². The Labute approximate surface area is 120 Å². The lowest BCUT2D eigenvalue weighted by Gasteiger charge is -2.16. The van der Waals surface area contributed by atoms with E-state index in [4.69, 9.17) is 18.0 Å². The van der Waals surface area contributed by atoms with Gasteiger partial charge in [-0.2, -0.15) is 0 Å².